The van der Waals surface area contributed by atoms with Crippen LogP contribution in [0.2, 0.25) is 0 Å². The summed E-state index contributed by atoms with van der Waals surface area (Å²) in [5.41, 5.74) is 5.59. The van der Waals surface area contributed by atoms with Gasteiger partial charge >= 0.3 is 0 Å². The Hall–Kier alpha value is -3.87. The normalized spacial score (nSPS) is 17.4. The van der Waals surface area contributed by atoms with E-state index in [-0.39, 0.29) is 17.4 Å². The van der Waals surface area contributed by atoms with Crippen molar-refractivity contribution in [2.75, 3.05) is 10.6 Å². The number of nitrogens with zero attached hydrogens (tertiary/aromatic N) is 2. The summed E-state index contributed by atoms with van der Waals surface area (Å²) < 4.78 is 1.67. The number of benzene rings is 2. The van der Waals surface area contributed by atoms with Crippen molar-refractivity contribution in [2.24, 2.45) is 0 Å². The van der Waals surface area contributed by atoms with Crippen LogP contribution in [-0.4, -0.2) is 26.6 Å². The molecule has 0 saturated heterocycles. The summed E-state index contributed by atoms with van der Waals surface area (Å²) >= 11 is 0. The third-order valence-electron chi connectivity index (χ3n) is 6.23. The highest BCUT2D eigenvalue weighted by Crippen LogP contribution is 2.42. The minimum atomic E-state index is -0.496. The average molecular weight is 428 g/mol. The number of nitrogens with one attached hydrogen (secondary N) is 2. The number of ketones is 1. The van der Waals surface area contributed by atoms with E-state index in [0.717, 1.165) is 35.2 Å². The van der Waals surface area contributed by atoms with Gasteiger partial charge in [-0.2, -0.15) is 5.10 Å². The third-order valence-corrected chi connectivity index (χ3v) is 6.23. The van der Waals surface area contributed by atoms with Gasteiger partial charge in [0.1, 0.15) is 23.2 Å². The van der Waals surface area contributed by atoms with Gasteiger partial charge in [0.25, 0.3) is 5.91 Å². The van der Waals surface area contributed by atoms with E-state index in [9.17, 15) is 14.7 Å². The van der Waals surface area contributed by atoms with Gasteiger partial charge in [-0.15, -0.1) is 0 Å². The summed E-state index contributed by atoms with van der Waals surface area (Å²) in [6.07, 6.45) is 3.49. The SMILES string of the molecule is Cc1ccc(NC(=O)c2cnn3c2NC2=C(C(=O)CCC2)C3c2cccc(O)c2)cc1C. The van der Waals surface area contributed by atoms with Crippen molar-refractivity contribution in [1.82, 2.24) is 9.78 Å². The van der Waals surface area contributed by atoms with Gasteiger partial charge in [-0.05, 0) is 67.6 Å². The first-order chi connectivity index (χ1) is 15.4. The Balaban J connectivity index is 1.56. The first-order valence-electron chi connectivity index (χ1n) is 10.7. The quantitative estimate of drug-likeness (QED) is 0.572. The van der Waals surface area contributed by atoms with Gasteiger partial charge in [-0.1, -0.05) is 18.2 Å². The predicted molar refractivity (Wildman–Crippen MR) is 122 cm³/mol. The van der Waals surface area contributed by atoms with Crippen LogP contribution in [0.15, 0.2) is 59.9 Å². The smallest absolute Gasteiger partial charge is 0.261 e. The van der Waals surface area contributed by atoms with Crippen LogP contribution < -0.4 is 10.6 Å². The molecule has 1 amide bonds. The second-order valence-corrected chi connectivity index (χ2v) is 8.40. The molecular weight excluding hydrogens is 404 g/mol. The highest BCUT2D eigenvalue weighted by molar-refractivity contribution is 6.08. The Morgan fingerprint density at radius 3 is 2.78 bits per heavy atom. The molecule has 1 unspecified atom stereocenters. The Morgan fingerprint density at radius 1 is 1.16 bits per heavy atom. The molecule has 7 nitrogen and oxygen atoms in total. The number of amides is 1. The molecule has 1 atom stereocenters. The van der Waals surface area contributed by atoms with Crippen LogP contribution in [0, 0.1) is 13.8 Å². The van der Waals surface area contributed by atoms with Crippen LogP contribution in [0.3, 0.4) is 0 Å². The molecule has 162 valence electrons. The summed E-state index contributed by atoms with van der Waals surface area (Å²) in [6.45, 7) is 4.03. The first-order valence-corrected chi connectivity index (χ1v) is 10.7. The van der Waals surface area contributed by atoms with Crippen molar-refractivity contribution in [1.29, 1.82) is 0 Å². The number of aromatic nitrogens is 2. The average Bonchev–Trinajstić information content (AvgIpc) is 3.19. The molecule has 0 saturated carbocycles. The molecule has 5 rings (SSSR count). The van der Waals surface area contributed by atoms with Crippen LogP contribution >= 0.6 is 0 Å². The molecule has 1 aliphatic carbocycles. The van der Waals surface area contributed by atoms with E-state index in [1.807, 2.05) is 38.1 Å². The van der Waals surface area contributed by atoms with Crippen LogP contribution in [0.5, 0.6) is 5.75 Å². The number of phenols is 1. The van der Waals surface area contributed by atoms with Crippen LogP contribution in [0.25, 0.3) is 0 Å². The predicted octanol–water partition coefficient (Wildman–Crippen LogP) is 4.48. The molecule has 1 aromatic heterocycles. The number of hydrogen-bond donors (Lipinski definition) is 3. The fraction of sp³-hybridized carbons (Fsp3) is 0.240. The molecule has 1 aliphatic heterocycles. The summed E-state index contributed by atoms with van der Waals surface area (Å²) in [4.78, 5) is 26.0. The van der Waals surface area contributed by atoms with Gasteiger partial charge in [0, 0.05) is 23.4 Å². The van der Waals surface area contributed by atoms with Crippen molar-refractivity contribution >= 4 is 23.2 Å². The molecule has 32 heavy (non-hydrogen) atoms. The van der Waals surface area contributed by atoms with Crippen LogP contribution in [-0.2, 0) is 4.79 Å². The number of allylic oxidation sites excluding steroid dienone is 2. The molecule has 0 spiro atoms. The number of rotatable bonds is 3. The van der Waals surface area contributed by atoms with E-state index in [4.69, 9.17) is 0 Å². The lowest BCUT2D eigenvalue weighted by Crippen LogP contribution is -2.32. The van der Waals surface area contributed by atoms with Crippen LogP contribution in [0.4, 0.5) is 11.5 Å². The Kier molecular flexibility index (Phi) is 4.81. The molecule has 0 fully saturated rings. The van der Waals surface area contributed by atoms with Gasteiger partial charge in [0.15, 0.2) is 5.78 Å². The maximum absolute atomic E-state index is 13.1. The van der Waals surface area contributed by atoms with E-state index in [0.29, 0.717) is 29.1 Å². The summed E-state index contributed by atoms with van der Waals surface area (Å²) in [6, 6.07) is 12.1. The number of fused-ring (bicyclic) bond motifs is 1. The second-order valence-electron chi connectivity index (χ2n) is 8.40. The number of aromatic hydroxyl groups is 1. The molecule has 3 aromatic rings. The number of carbonyl (C=O) groups is 2. The topological polar surface area (TPSA) is 96.3 Å². The second kappa shape index (κ2) is 7.67. The number of aryl methyl sites for hydroxylation is 2. The zero-order valence-electron chi connectivity index (χ0n) is 18.0. The zero-order chi connectivity index (χ0) is 22.4. The maximum Gasteiger partial charge on any atom is 0.261 e. The van der Waals surface area contributed by atoms with Gasteiger partial charge < -0.3 is 15.7 Å². The van der Waals surface area contributed by atoms with Crippen molar-refractivity contribution in [3.05, 3.63) is 82.2 Å². The fourth-order valence-electron chi connectivity index (χ4n) is 4.45. The van der Waals surface area contributed by atoms with Gasteiger partial charge in [-0.3, -0.25) is 9.59 Å². The third kappa shape index (κ3) is 3.36. The highest BCUT2D eigenvalue weighted by atomic mass is 16.3. The number of phenolic OH excluding ortho intramolecular Hbond substituents is 1. The lowest BCUT2D eigenvalue weighted by atomic mass is 9.85. The van der Waals surface area contributed by atoms with Gasteiger partial charge in [0.2, 0.25) is 0 Å². The van der Waals surface area contributed by atoms with Crippen molar-refractivity contribution in [2.45, 2.75) is 39.2 Å². The summed E-state index contributed by atoms with van der Waals surface area (Å²) in [5, 5.41) is 20.8. The van der Waals surface area contributed by atoms with Crippen molar-refractivity contribution in [3.63, 3.8) is 0 Å². The van der Waals surface area contributed by atoms with Gasteiger partial charge in [0.05, 0.1) is 6.20 Å². The Bertz CT molecular complexity index is 1290. The first kappa shape index (κ1) is 20.1. The monoisotopic (exact) mass is 428 g/mol. The number of carbonyl (C=O) groups excluding carboxylic acids is 2. The lowest BCUT2D eigenvalue weighted by Gasteiger charge is -2.33. The Morgan fingerprint density at radius 2 is 2.00 bits per heavy atom. The molecule has 7 heteroatoms. The minimum absolute atomic E-state index is 0.0642. The standard InChI is InChI=1S/C25H24N4O3/c1-14-9-10-17(11-15(14)2)27-25(32)19-13-26-29-23(16-5-3-6-18(30)12-16)22-20(28-24(19)29)7-4-8-21(22)31/h3,5-6,9-13,23,28,30H,4,7-8H2,1-2H3,(H,27,32). The van der Waals surface area contributed by atoms with E-state index < -0.39 is 6.04 Å². The zero-order valence-corrected chi connectivity index (χ0v) is 18.0. The minimum Gasteiger partial charge on any atom is -0.508 e. The highest BCUT2D eigenvalue weighted by Gasteiger charge is 2.37. The van der Waals surface area contributed by atoms with Crippen molar-refractivity contribution < 1.29 is 14.7 Å². The number of Topliss-reactive ketones (excluding diaryl/α,β-unsaturated/α-hetero) is 1. The molecule has 3 N–H and O–H groups in total. The van der Waals surface area contributed by atoms with E-state index in [1.165, 1.54) is 6.20 Å². The van der Waals surface area contributed by atoms with Crippen LogP contribution in [0.1, 0.15) is 52.4 Å². The maximum atomic E-state index is 13.1. The number of hydrogen-bond acceptors (Lipinski definition) is 5. The molecule has 2 aliphatic rings. The fourth-order valence-corrected chi connectivity index (χ4v) is 4.45. The van der Waals surface area contributed by atoms with Gasteiger partial charge in [-0.25, -0.2) is 4.68 Å². The van der Waals surface area contributed by atoms with E-state index >= 15 is 0 Å². The van der Waals surface area contributed by atoms with Crippen molar-refractivity contribution in [3.8, 4) is 5.75 Å². The summed E-state index contributed by atoms with van der Waals surface area (Å²) in [7, 11) is 0. The lowest BCUT2D eigenvalue weighted by molar-refractivity contribution is -0.116. The van der Waals surface area contributed by atoms with E-state index in [1.54, 1.807) is 22.9 Å². The Labute approximate surface area is 185 Å². The molecule has 0 radical (unpaired) electrons. The summed E-state index contributed by atoms with van der Waals surface area (Å²) in [5.74, 6) is 0.457. The molecule has 2 aromatic carbocycles. The number of anilines is 2. The van der Waals surface area contributed by atoms with E-state index in [2.05, 4.69) is 15.7 Å². The molecular formula is C25H24N4O3. The molecule has 0 bridgehead atoms. The largest absolute Gasteiger partial charge is 0.508 e. The molecule has 2 heterocycles.